The van der Waals surface area contributed by atoms with Gasteiger partial charge in [0.2, 0.25) is 9.84 Å². The monoisotopic (exact) mass is 393 g/mol. The Morgan fingerprint density at radius 3 is 2.58 bits per heavy atom. The SMILES string of the molecule is CNCc1c(C)nc2c(S(=O)(=O)c3cccc(Cl)c3)c(NC)nn2c1C. The minimum absolute atomic E-state index is 0.0458. The van der Waals surface area contributed by atoms with E-state index in [-0.39, 0.29) is 15.6 Å². The van der Waals surface area contributed by atoms with Crippen molar-refractivity contribution in [3.63, 3.8) is 0 Å². The Kier molecular flexibility index (Phi) is 4.92. The molecule has 0 fully saturated rings. The molecule has 0 unspecified atom stereocenters. The highest BCUT2D eigenvalue weighted by Crippen LogP contribution is 2.32. The van der Waals surface area contributed by atoms with E-state index in [1.165, 1.54) is 12.1 Å². The van der Waals surface area contributed by atoms with Crippen molar-refractivity contribution in [2.24, 2.45) is 0 Å². The molecule has 1 aromatic carbocycles. The lowest BCUT2D eigenvalue weighted by molar-refractivity contribution is 0.597. The number of nitrogens with zero attached hydrogens (tertiary/aromatic N) is 3. The number of anilines is 1. The summed E-state index contributed by atoms with van der Waals surface area (Å²) in [4.78, 5) is 4.70. The first-order chi connectivity index (χ1) is 12.3. The zero-order valence-corrected chi connectivity index (χ0v) is 16.5. The Hall–Kier alpha value is -2.16. The topological polar surface area (TPSA) is 88.4 Å². The molecular formula is C17H20ClN5O2S. The maximum absolute atomic E-state index is 13.3. The molecule has 0 atom stereocenters. The fourth-order valence-corrected chi connectivity index (χ4v) is 4.74. The van der Waals surface area contributed by atoms with E-state index < -0.39 is 9.84 Å². The molecule has 138 valence electrons. The second-order valence-corrected chi connectivity index (χ2v) is 8.24. The van der Waals surface area contributed by atoms with Gasteiger partial charge in [-0.2, -0.15) is 0 Å². The number of aromatic nitrogens is 3. The van der Waals surface area contributed by atoms with Crippen molar-refractivity contribution in [1.82, 2.24) is 19.9 Å². The molecule has 0 bridgehead atoms. The van der Waals surface area contributed by atoms with E-state index >= 15 is 0 Å². The van der Waals surface area contributed by atoms with Crippen LogP contribution in [-0.4, -0.2) is 37.1 Å². The molecule has 2 N–H and O–H groups in total. The number of halogens is 1. The zero-order valence-electron chi connectivity index (χ0n) is 15.0. The predicted molar refractivity (Wildman–Crippen MR) is 102 cm³/mol. The molecule has 2 aromatic heterocycles. The smallest absolute Gasteiger partial charge is 0.214 e. The first kappa shape index (κ1) is 18.6. The van der Waals surface area contributed by atoms with Crippen LogP contribution in [-0.2, 0) is 16.4 Å². The largest absolute Gasteiger partial charge is 0.370 e. The van der Waals surface area contributed by atoms with Crippen molar-refractivity contribution in [2.45, 2.75) is 30.2 Å². The standard InChI is InChI=1S/C17H20ClN5O2S/c1-10-14(9-19-3)11(2)23-17(21-10)15(16(20-4)22-23)26(24,25)13-7-5-6-12(18)8-13/h5-8,19H,9H2,1-4H3,(H,20,22). The summed E-state index contributed by atoms with van der Waals surface area (Å²) in [6.07, 6.45) is 0. The number of nitrogens with one attached hydrogen (secondary N) is 2. The molecule has 0 amide bonds. The number of aryl methyl sites for hydroxylation is 2. The summed E-state index contributed by atoms with van der Waals surface area (Å²) in [5, 5.41) is 10.8. The number of benzene rings is 1. The van der Waals surface area contributed by atoms with Gasteiger partial charge < -0.3 is 10.6 Å². The van der Waals surface area contributed by atoms with E-state index in [1.54, 1.807) is 23.7 Å². The molecule has 9 heteroatoms. The summed E-state index contributed by atoms with van der Waals surface area (Å²) in [6, 6.07) is 6.18. The minimum Gasteiger partial charge on any atom is -0.370 e. The van der Waals surface area contributed by atoms with Crippen LogP contribution < -0.4 is 10.6 Å². The lowest BCUT2D eigenvalue weighted by Gasteiger charge is -2.11. The summed E-state index contributed by atoms with van der Waals surface area (Å²) < 4.78 is 28.1. The number of sulfone groups is 1. The zero-order chi connectivity index (χ0) is 19.1. The third-order valence-corrected chi connectivity index (χ3v) is 6.27. The van der Waals surface area contributed by atoms with Gasteiger partial charge in [0.05, 0.1) is 4.90 Å². The second-order valence-electron chi connectivity index (χ2n) is 5.92. The van der Waals surface area contributed by atoms with Crippen LogP contribution in [0.2, 0.25) is 5.02 Å². The molecule has 0 aliphatic rings. The molecule has 3 aromatic rings. The third-order valence-electron chi connectivity index (χ3n) is 4.25. The van der Waals surface area contributed by atoms with Gasteiger partial charge in [0.25, 0.3) is 0 Å². The van der Waals surface area contributed by atoms with Crippen LogP contribution in [0.25, 0.3) is 5.65 Å². The van der Waals surface area contributed by atoms with E-state index in [2.05, 4.69) is 20.7 Å². The Morgan fingerprint density at radius 2 is 1.96 bits per heavy atom. The number of hydrogen-bond acceptors (Lipinski definition) is 6. The van der Waals surface area contributed by atoms with Crippen LogP contribution in [0.5, 0.6) is 0 Å². The van der Waals surface area contributed by atoms with Gasteiger partial charge in [0.1, 0.15) is 0 Å². The average Bonchev–Trinajstić information content (AvgIpc) is 2.98. The second kappa shape index (κ2) is 6.86. The quantitative estimate of drug-likeness (QED) is 0.692. The van der Waals surface area contributed by atoms with E-state index in [4.69, 9.17) is 11.6 Å². The molecular weight excluding hydrogens is 374 g/mol. The summed E-state index contributed by atoms with van der Waals surface area (Å²) >= 11 is 5.99. The first-order valence-corrected chi connectivity index (χ1v) is 9.89. The molecule has 0 aliphatic carbocycles. The molecule has 0 aliphatic heterocycles. The van der Waals surface area contributed by atoms with Gasteiger partial charge in [-0.1, -0.05) is 17.7 Å². The molecule has 0 saturated heterocycles. The van der Waals surface area contributed by atoms with E-state index in [0.717, 1.165) is 17.0 Å². The minimum atomic E-state index is -3.85. The number of fused-ring (bicyclic) bond motifs is 1. The molecule has 3 rings (SSSR count). The van der Waals surface area contributed by atoms with Crippen LogP contribution in [0.1, 0.15) is 17.0 Å². The maximum atomic E-state index is 13.3. The van der Waals surface area contributed by atoms with E-state index in [9.17, 15) is 8.42 Å². The van der Waals surface area contributed by atoms with Gasteiger partial charge in [0, 0.05) is 35.6 Å². The molecule has 0 spiro atoms. The number of hydrogen-bond donors (Lipinski definition) is 2. The number of rotatable bonds is 5. The van der Waals surface area contributed by atoms with Crippen molar-refractivity contribution in [1.29, 1.82) is 0 Å². The molecule has 7 nitrogen and oxygen atoms in total. The van der Waals surface area contributed by atoms with Gasteiger partial charge in [-0.25, -0.2) is 17.9 Å². The van der Waals surface area contributed by atoms with Crippen LogP contribution >= 0.6 is 11.6 Å². The van der Waals surface area contributed by atoms with Crippen LogP contribution in [0.3, 0.4) is 0 Å². The van der Waals surface area contributed by atoms with Gasteiger partial charge >= 0.3 is 0 Å². The van der Waals surface area contributed by atoms with Gasteiger partial charge in [0.15, 0.2) is 16.4 Å². The van der Waals surface area contributed by atoms with E-state index in [0.29, 0.717) is 17.2 Å². The average molecular weight is 394 g/mol. The third kappa shape index (κ3) is 2.94. The fraction of sp³-hybridized carbons (Fsp3) is 0.294. The van der Waals surface area contributed by atoms with Gasteiger partial charge in [-0.15, -0.1) is 5.10 Å². The van der Waals surface area contributed by atoms with Crippen LogP contribution in [0.15, 0.2) is 34.1 Å². The van der Waals surface area contributed by atoms with Crippen molar-refractivity contribution < 1.29 is 8.42 Å². The fourth-order valence-electron chi connectivity index (χ4n) is 2.94. The molecule has 0 radical (unpaired) electrons. The molecule has 26 heavy (non-hydrogen) atoms. The summed E-state index contributed by atoms with van der Waals surface area (Å²) in [5.41, 5.74) is 2.88. The van der Waals surface area contributed by atoms with Crippen molar-refractivity contribution in [2.75, 3.05) is 19.4 Å². The van der Waals surface area contributed by atoms with E-state index in [1.807, 2.05) is 20.9 Å². The Balaban J connectivity index is 2.36. The highest BCUT2D eigenvalue weighted by molar-refractivity contribution is 7.91. The van der Waals surface area contributed by atoms with Crippen molar-refractivity contribution in [3.8, 4) is 0 Å². The Bertz CT molecular complexity index is 1090. The summed E-state index contributed by atoms with van der Waals surface area (Å²) in [6.45, 7) is 4.38. The van der Waals surface area contributed by atoms with Crippen molar-refractivity contribution >= 4 is 32.9 Å². The van der Waals surface area contributed by atoms with Crippen LogP contribution in [0, 0.1) is 13.8 Å². The maximum Gasteiger partial charge on any atom is 0.214 e. The highest BCUT2D eigenvalue weighted by atomic mass is 35.5. The van der Waals surface area contributed by atoms with Crippen LogP contribution in [0.4, 0.5) is 5.82 Å². The summed E-state index contributed by atoms with van der Waals surface area (Å²) in [5.74, 6) is 0.251. The molecule has 0 saturated carbocycles. The lowest BCUT2D eigenvalue weighted by atomic mass is 10.1. The summed E-state index contributed by atoms with van der Waals surface area (Å²) in [7, 11) is -0.373. The highest BCUT2D eigenvalue weighted by Gasteiger charge is 2.29. The van der Waals surface area contributed by atoms with Gasteiger partial charge in [-0.3, -0.25) is 0 Å². The lowest BCUT2D eigenvalue weighted by Crippen LogP contribution is -2.13. The first-order valence-electron chi connectivity index (χ1n) is 8.03. The van der Waals surface area contributed by atoms with Crippen molar-refractivity contribution in [3.05, 3.63) is 46.2 Å². The Labute approximate surface area is 157 Å². The molecule has 2 heterocycles. The Morgan fingerprint density at radius 1 is 1.23 bits per heavy atom. The predicted octanol–water partition coefficient (Wildman–Crippen LogP) is 2.59. The normalized spacial score (nSPS) is 11.9. The van der Waals surface area contributed by atoms with Gasteiger partial charge in [-0.05, 0) is 39.1 Å².